The van der Waals surface area contributed by atoms with Gasteiger partial charge in [-0.05, 0) is 18.2 Å². The Morgan fingerprint density at radius 3 is 2.71 bits per heavy atom. The molecule has 0 unspecified atom stereocenters. The molecular weight excluding hydrogens is 256 g/mol. The van der Waals surface area contributed by atoms with E-state index in [1.807, 2.05) is 31.2 Å². The minimum absolute atomic E-state index is 0.150. The van der Waals surface area contributed by atoms with Crippen LogP contribution in [-0.4, -0.2) is 37.8 Å². The van der Waals surface area contributed by atoms with E-state index < -0.39 is 10.0 Å². The predicted molar refractivity (Wildman–Crippen MR) is 73.7 cm³/mol. The van der Waals surface area contributed by atoms with Gasteiger partial charge in [0.25, 0.3) is 0 Å². The van der Waals surface area contributed by atoms with E-state index in [1.54, 1.807) is 7.05 Å². The number of thioether (sulfide) groups is 1. The summed E-state index contributed by atoms with van der Waals surface area (Å²) in [6, 6.07) is 7.45. The van der Waals surface area contributed by atoms with Crippen LogP contribution in [0.25, 0.3) is 0 Å². The van der Waals surface area contributed by atoms with Crippen LogP contribution in [0.15, 0.2) is 29.2 Å². The van der Waals surface area contributed by atoms with E-state index in [2.05, 4.69) is 0 Å². The van der Waals surface area contributed by atoms with Gasteiger partial charge in [-0.25, -0.2) is 12.7 Å². The number of benzene rings is 1. The smallest absolute Gasteiger partial charge is 0.214 e. The first kappa shape index (κ1) is 14.3. The topological polar surface area (TPSA) is 63.4 Å². The Bertz CT molecular complexity index is 460. The lowest BCUT2D eigenvalue weighted by Crippen LogP contribution is -2.29. The average Bonchev–Trinajstić information content (AvgIpc) is 2.27. The first-order valence-corrected chi connectivity index (χ1v) is 7.97. The van der Waals surface area contributed by atoms with Crippen LogP contribution in [0.5, 0.6) is 0 Å². The van der Waals surface area contributed by atoms with Gasteiger partial charge in [-0.1, -0.05) is 13.0 Å². The Hall–Kier alpha value is -0.720. The lowest BCUT2D eigenvalue weighted by atomic mass is 10.3. The van der Waals surface area contributed by atoms with Gasteiger partial charge in [-0.2, -0.15) is 0 Å². The molecule has 0 aliphatic rings. The molecular formula is C11H18N2O2S2. The molecule has 0 aliphatic carbocycles. The predicted octanol–water partition coefficient (Wildman–Crippen LogP) is 1.64. The molecule has 0 radical (unpaired) electrons. The number of hydrogen-bond acceptors (Lipinski definition) is 4. The number of hydrogen-bond donors (Lipinski definition) is 1. The van der Waals surface area contributed by atoms with Gasteiger partial charge in [0.1, 0.15) is 0 Å². The summed E-state index contributed by atoms with van der Waals surface area (Å²) in [6.45, 7) is 2.33. The molecule has 0 heterocycles. The summed E-state index contributed by atoms with van der Waals surface area (Å²) in [5.41, 5.74) is 6.34. The fraction of sp³-hybridized carbons (Fsp3) is 0.455. The van der Waals surface area contributed by atoms with Crippen LogP contribution < -0.4 is 5.73 Å². The number of anilines is 1. The molecule has 0 amide bonds. The number of nitrogen functional groups attached to an aromatic ring is 1. The van der Waals surface area contributed by atoms with Crippen molar-refractivity contribution < 1.29 is 8.42 Å². The second kappa shape index (κ2) is 6.28. The standard InChI is InChI=1S/C11H18N2O2S2/c1-3-13(2)17(14,15)8-7-16-11-6-4-5-10(12)9-11/h4-6,9H,3,7-8,12H2,1-2H3. The maximum Gasteiger partial charge on any atom is 0.214 e. The lowest BCUT2D eigenvalue weighted by molar-refractivity contribution is 0.488. The summed E-state index contributed by atoms with van der Waals surface area (Å²) >= 11 is 1.50. The quantitative estimate of drug-likeness (QED) is 0.633. The highest BCUT2D eigenvalue weighted by atomic mass is 32.2. The fourth-order valence-electron chi connectivity index (χ4n) is 1.22. The van der Waals surface area contributed by atoms with Gasteiger partial charge in [-0.3, -0.25) is 0 Å². The van der Waals surface area contributed by atoms with Crippen LogP contribution in [0.2, 0.25) is 0 Å². The van der Waals surface area contributed by atoms with Crippen LogP contribution in [0.1, 0.15) is 6.92 Å². The van der Waals surface area contributed by atoms with Gasteiger partial charge in [0.2, 0.25) is 10.0 Å². The van der Waals surface area contributed by atoms with Crippen molar-refractivity contribution in [1.29, 1.82) is 0 Å². The Morgan fingerprint density at radius 1 is 1.41 bits per heavy atom. The summed E-state index contributed by atoms with van der Waals surface area (Å²) in [7, 11) is -1.51. The molecule has 0 bridgehead atoms. The van der Waals surface area contributed by atoms with Crippen molar-refractivity contribution in [2.24, 2.45) is 0 Å². The second-order valence-corrected chi connectivity index (χ2v) is 7.01. The van der Waals surface area contributed by atoms with Crippen molar-refractivity contribution in [3.8, 4) is 0 Å². The van der Waals surface area contributed by atoms with Crippen LogP contribution in [0.3, 0.4) is 0 Å². The highest BCUT2D eigenvalue weighted by molar-refractivity contribution is 8.00. The third-order valence-electron chi connectivity index (χ3n) is 2.39. The third-order valence-corrected chi connectivity index (χ3v) is 5.57. The Kier molecular flexibility index (Phi) is 5.30. The van der Waals surface area contributed by atoms with Gasteiger partial charge in [0.15, 0.2) is 0 Å². The highest BCUT2D eigenvalue weighted by Crippen LogP contribution is 2.20. The Balaban J connectivity index is 2.48. The fourth-order valence-corrected chi connectivity index (χ4v) is 3.73. The highest BCUT2D eigenvalue weighted by Gasteiger charge is 2.15. The van der Waals surface area contributed by atoms with E-state index in [9.17, 15) is 8.42 Å². The van der Waals surface area contributed by atoms with E-state index in [-0.39, 0.29) is 5.75 Å². The number of sulfonamides is 1. The van der Waals surface area contributed by atoms with Gasteiger partial charge in [0, 0.05) is 29.9 Å². The molecule has 0 aliphatic heterocycles. The zero-order valence-corrected chi connectivity index (χ0v) is 11.7. The molecule has 2 N–H and O–H groups in total. The van der Waals surface area contributed by atoms with E-state index >= 15 is 0 Å². The molecule has 1 aromatic carbocycles. The summed E-state index contributed by atoms with van der Waals surface area (Å²) in [4.78, 5) is 0.999. The normalized spacial score (nSPS) is 11.9. The maximum atomic E-state index is 11.7. The maximum absolute atomic E-state index is 11.7. The monoisotopic (exact) mass is 274 g/mol. The molecule has 6 heteroatoms. The van der Waals surface area contributed by atoms with Crippen molar-refractivity contribution in [1.82, 2.24) is 4.31 Å². The summed E-state index contributed by atoms with van der Waals surface area (Å²) in [5, 5.41) is 0. The van der Waals surface area contributed by atoms with Crippen molar-refractivity contribution >= 4 is 27.5 Å². The third kappa shape index (κ3) is 4.57. The number of nitrogens with zero attached hydrogens (tertiary/aromatic N) is 1. The van der Waals surface area contributed by atoms with Crippen LogP contribution in [0.4, 0.5) is 5.69 Å². The van der Waals surface area contributed by atoms with Crippen molar-refractivity contribution in [3.05, 3.63) is 24.3 Å². The molecule has 17 heavy (non-hydrogen) atoms. The zero-order chi connectivity index (χ0) is 12.9. The molecule has 96 valence electrons. The SMILES string of the molecule is CCN(C)S(=O)(=O)CCSc1cccc(N)c1. The number of nitrogens with two attached hydrogens (primary N) is 1. The van der Waals surface area contributed by atoms with E-state index in [0.29, 0.717) is 18.0 Å². The molecule has 0 fully saturated rings. The molecule has 1 rings (SSSR count). The molecule has 0 aromatic heterocycles. The molecule has 0 atom stereocenters. The van der Waals surface area contributed by atoms with Gasteiger partial charge < -0.3 is 5.73 Å². The minimum atomic E-state index is -3.11. The van der Waals surface area contributed by atoms with E-state index in [1.165, 1.54) is 16.1 Å². The molecule has 0 saturated carbocycles. The van der Waals surface area contributed by atoms with Gasteiger partial charge in [-0.15, -0.1) is 11.8 Å². The molecule has 1 aromatic rings. The van der Waals surface area contributed by atoms with Crippen LogP contribution >= 0.6 is 11.8 Å². The molecule has 4 nitrogen and oxygen atoms in total. The second-order valence-electron chi connectivity index (χ2n) is 3.65. The van der Waals surface area contributed by atoms with Crippen molar-refractivity contribution in [2.75, 3.05) is 30.8 Å². The Labute approximate surface area is 107 Å². The summed E-state index contributed by atoms with van der Waals surface area (Å²) in [5.74, 6) is 0.687. The summed E-state index contributed by atoms with van der Waals surface area (Å²) in [6.07, 6.45) is 0. The molecule has 0 spiro atoms. The minimum Gasteiger partial charge on any atom is -0.399 e. The first-order valence-electron chi connectivity index (χ1n) is 5.38. The van der Waals surface area contributed by atoms with Crippen LogP contribution in [0, 0.1) is 0 Å². The van der Waals surface area contributed by atoms with Gasteiger partial charge in [0.05, 0.1) is 5.75 Å². The lowest BCUT2D eigenvalue weighted by Gasteiger charge is -2.14. The summed E-state index contributed by atoms with van der Waals surface area (Å²) < 4.78 is 24.8. The zero-order valence-electron chi connectivity index (χ0n) is 10.1. The van der Waals surface area contributed by atoms with Gasteiger partial charge >= 0.3 is 0 Å². The first-order chi connectivity index (χ1) is 7.95. The molecule has 0 saturated heterocycles. The van der Waals surface area contributed by atoms with Crippen molar-refractivity contribution in [2.45, 2.75) is 11.8 Å². The van der Waals surface area contributed by atoms with Crippen LogP contribution in [-0.2, 0) is 10.0 Å². The Morgan fingerprint density at radius 2 is 2.12 bits per heavy atom. The van der Waals surface area contributed by atoms with E-state index in [4.69, 9.17) is 5.73 Å². The van der Waals surface area contributed by atoms with Crippen molar-refractivity contribution in [3.63, 3.8) is 0 Å². The number of rotatable bonds is 6. The largest absolute Gasteiger partial charge is 0.399 e. The van der Waals surface area contributed by atoms with E-state index in [0.717, 1.165) is 4.90 Å². The average molecular weight is 274 g/mol.